The van der Waals surface area contributed by atoms with Crippen molar-refractivity contribution in [3.8, 4) is 17.2 Å². The van der Waals surface area contributed by atoms with Gasteiger partial charge in [0.05, 0.1) is 26.4 Å². The van der Waals surface area contributed by atoms with Crippen LogP contribution >= 0.6 is 11.8 Å². The van der Waals surface area contributed by atoms with Crippen molar-refractivity contribution < 1.29 is 19.0 Å². The van der Waals surface area contributed by atoms with E-state index in [0.717, 1.165) is 10.6 Å². The lowest BCUT2D eigenvalue weighted by Crippen LogP contribution is -2.26. The van der Waals surface area contributed by atoms with Gasteiger partial charge in [0, 0.05) is 29.1 Å². The zero-order valence-electron chi connectivity index (χ0n) is 15.9. The van der Waals surface area contributed by atoms with Gasteiger partial charge in [-0.05, 0) is 6.92 Å². The monoisotopic (exact) mass is 388 g/mol. The third-order valence-corrected chi connectivity index (χ3v) is 4.92. The first kappa shape index (κ1) is 20.6. The third kappa shape index (κ3) is 4.95. The predicted molar refractivity (Wildman–Crippen MR) is 112 cm³/mol. The van der Waals surface area contributed by atoms with Crippen LogP contribution in [0.2, 0.25) is 0 Å². The van der Waals surface area contributed by atoms with E-state index in [0.29, 0.717) is 28.7 Å². The Balaban J connectivity index is 2.19. The zero-order valence-corrected chi connectivity index (χ0v) is 16.8. The Bertz CT molecular complexity index is 774. The van der Waals surface area contributed by atoms with Gasteiger partial charge >= 0.3 is 0 Å². The molecule has 1 heterocycles. The average Bonchev–Trinajstić information content (AvgIpc) is 3.18. The van der Waals surface area contributed by atoms with Gasteiger partial charge < -0.3 is 19.5 Å². The Hall–Kier alpha value is -2.67. The van der Waals surface area contributed by atoms with E-state index in [4.69, 9.17) is 14.2 Å². The summed E-state index contributed by atoms with van der Waals surface area (Å²) < 4.78 is 15.9. The van der Waals surface area contributed by atoms with Crippen LogP contribution < -0.4 is 19.5 Å². The molecule has 7 heteroatoms. The Labute approximate surface area is 164 Å². The maximum absolute atomic E-state index is 12.6. The van der Waals surface area contributed by atoms with Crippen LogP contribution in [-0.4, -0.2) is 44.1 Å². The molecule has 27 heavy (non-hydrogen) atoms. The van der Waals surface area contributed by atoms with E-state index in [1.807, 2.05) is 25.2 Å². The standard InChI is InChI=1S/C20H24N2O4S/c1-6-8-9-13(7-2)20-22-15(12-27-20)19(23)21-14-10-16(24-3)18(26-5)17(11-14)25-4/h6-11,15H,2,12H2,1,3-5H3,(H,21,23)/b8-6-,13-9+. The fourth-order valence-corrected chi connectivity index (χ4v) is 3.53. The minimum Gasteiger partial charge on any atom is -0.493 e. The van der Waals surface area contributed by atoms with Gasteiger partial charge in [0.15, 0.2) is 11.5 Å². The van der Waals surface area contributed by atoms with Gasteiger partial charge in [0.2, 0.25) is 11.7 Å². The van der Waals surface area contributed by atoms with Crippen molar-refractivity contribution in [2.24, 2.45) is 4.99 Å². The van der Waals surface area contributed by atoms with Gasteiger partial charge in [0.25, 0.3) is 0 Å². The summed E-state index contributed by atoms with van der Waals surface area (Å²) in [5, 5.41) is 3.68. The molecule has 1 aliphatic rings. The molecule has 1 aromatic carbocycles. The summed E-state index contributed by atoms with van der Waals surface area (Å²) in [6.07, 6.45) is 7.52. The molecule has 1 aliphatic heterocycles. The van der Waals surface area contributed by atoms with Gasteiger partial charge in [-0.25, -0.2) is 0 Å². The number of nitrogens with one attached hydrogen (secondary N) is 1. The summed E-state index contributed by atoms with van der Waals surface area (Å²) in [5.41, 5.74) is 1.46. The van der Waals surface area contributed by atoms with Crippen LogP contribution in [0.3, 0.4) is 0 Å². The molecule has 2 rings (SSSR count). The lowest BCUT2D eigenvalue weighted by Gasteiger charge is -2.15. The predicted octanol–water partition coefficient (Wildman–Crippen LogP) is 3.85. The van der Waals surface area contributed by atoms with E-state index < -0.39 is 6.04 Å². The number of ether oxygens (including phenoxy) is 3. The van der Waals surface area contributed by atoms with Crippen LogP contribution in [0, 0.1) is 0 Å². The normalized spacial score (nSPS) is 16.8. The van der Waals surface area contributed by atoms with Crippen molar-refractivity contribution in [3.63, 3.8) is 0 Å². The van der Waals surface area contributed by atoms with E-state index in [2.05, 4.69) is 16.9 Å². The summed E-state index contributed by atoms with van der Waals surface area (Å²) in [6, 6.07) is 2.90. The molecule has 144 valence electrons. The van der Waals surface area contributed by atoms with Crippen LogP contribution in [0.1, 0.15) is 6.92 Å². The summed E-state index contributed by atoms with van der Waals surface area (Å²) >= 11 is 1.54. The molecule has 0 bridgehead atoms. The lowest BCUT2D eigenvalue weighted by molar-refractivity contribution is -0.116. The fraction of sp³-hybridized carbons (Fsp3) is 0.300. The highest BCUT2D eigenvalue weighted by atomic mass is 32.2. The fourth-order valence-electron chi connectivity index (χ4n) is 2.47. The molecule has 0 saturated carbocycles. The van der Waals surface area contributed by atoms with E-state index >= 15 is 0 Å². The minimum atomic E-state index is -0.474. The summed E-state index contributed by atoms with van der Waals surface area (Å²) in [6.45, 7) is 5.75. The second-order valence-electron chi connectivity index (χ2n) is 5.52. The quantitative estimate of drug-likeness (QED) is 0.685. The number of thioether (sulfide) groups is 1. The number of allylic oxidation sites excluding steroid dienone is 4. The largest absolute Gasteiger partial charge is 0.493 e. The van der Waals surface area contributed by atoms with E-state index in [-0.39, 0.29) is 5.91 Å². The highest BCUT2D eigenvalue weighted by molar-refractivity contribution is 8.14. The first-order chi connectivity index (χ1) is 13.1. The van der Waals surface area contributed by atoms with Crippen molar-refractivity contribution in [2.45, 2.75) is 13.0 Å². The number of hydrogen-bond donors (Lipinski definition) is 1. The molecular formula is C20H24N2O4S. The molecule has 0 saturated heterocycles. The summed E-state index contributed by atoms with van der Waals surface area (Å²) in [5.74, 6) is 1.80. The molecular weight excluding hydrogens is 364 g/mol. The second-order valence-corrected chi connectivity index (χ2v) is 6.52. The molecule has 1 atom stereocenters. The minimum absolute atomic E-state index is 0.193. The lowest BCUT2D eigenvalue weighted by atomic mass is 10.2. The number of benzene rings is 1. The number of anilines is 1. The Morgan fingerprint density at radius 1 is 1.26 bits per heavy atom. The van der Waals surface area contributed by atoms with Crippen molar-refractivity contribution in [3.05, 3.63) is 48.6 Å². The van der Waals surface area contributed by atoms with Gasteiger partial charge in [-0.2, -0.15) is 0 Å². The van der Waals surface area contributed by atoms with Crippen LogP contribution in [0.15, 0.2) is 53.6 Å². The van der Waals surface area contributed by atoms with E-state index in [9.17, 15) is 4.79 Å². The van der Waals surface area contributed by atoms with E-state index in [1.165, 1.54) is 21.3 Å². The van der Waals surface area contributed by atoms with Crippen molar-refractivity contribution in [1.82, 2.24) is 0 Å². The van der Waals surface area contributed by atoms with Crippen molar-refractivity contribution in [2.75, 3.05) is 32.4 Å². The molecule has 0 aromatic heterocycles. The molecule has 0 aliphatic carbocycles. The smallest absolute Gasteiger partial charge is 0.250 e. The van der Waals surface area contributed by atoms with Gasteiger partial charge in [-0.3, -0.25) is 9.79 Å². The first-order valence-electron chi connectivity index (χ1n) is 8.35. The maximum Gasteiger partial charge on any atom is 0.250 e. The van der Waals surface area contributed by atoms with Crippen molar-refractivity contribution >= 4 is 28.4 Å². The molecule has 1 unspecified atom stereocenters. The maximum atomic E-state index is 12.6. The Morgan fingerprint density at radius 3 is 2.44 bits per heavy atom. The number of aliphatic imine (C=N–C) groups is 1. The molecule has 0 spiro atoms. The Morgan fingerprint density at radius 2 is 1.93 bits per heavy atom. The Kier molecular flexibility index (Phi) is 7.55. The summed E-state index contributed by atoms with van der Waals surface area (Å²) in [7, 11) is 4.59. The van der Waals surface area contributed by atoms with Gasteiger partial charge in [-0.15, -0.1) is 11.8 Å². The van der Waals surface area contributed by atoms with Gasteiger partial charge in [-0.1, -0.05) is 30.9 Å². The topological polar surface area (TPSA) is 69.2 Å². The third-order valence-electron chi connectivity index (χ3n) is 3.82. The number of carbonyl (C=O) groups excluding carboxylic acids is 1. The first-order valence-corrected chi connectivity index (χ1v) is 9.33. The summed E-state index contributed by atoms with van der Waals surface area (Å²) in [4.78, 5) is 17.2. The molecule has 1 N–H and O–H groups in total. The second kappa shape index (κ2) is 9.87. The van der Waals surface area contributed by atoms with Gasteiger partial charge in [0.1, 0.15) is 6.04 Å². The molecule has 1 amide bonds. The van der Waals surface area contributed by atoms with Crippen molar-refractivity contribution in [1.29, 1.82) is 0 Å². The number of nitrogens with zero attached hydrogens (tertiary/aromatic N) is 1. The average molecular weight is 388 g/mol. The number of hydrogen-bond acceptors (Lipinski definition) is 6. The van der Waals surface area contributed by atoms with E-state index in [1.54, 1.807) is 30.0 Å². The number of amides is 1. The SMILES string of the molecule is C=C/C(=C\C=C/C)C1=NC(C(=O)Nc2cc(OC)c(OC)c(OC)c2)CS1. The van der Waals surface area contributed by atoms with Crippen LogP contribution in [0.5, 0.6) is 17.2 Å². The highest BCUT2D eigenvalue weighted by Crippen LogP contribution is 2.40. The molecule has 6 nitrogen and oxygen atoms in total. The highest BCUT2D eigenvalue weighted by Gasteiger charge is 2.26. The zero-order chi connectivity index (χ0) is 19.8. The number of rotatable bonds is 8. The van der Waals surface area contributed by atoms with Crippen LogP contribution in [0.4, 0.5) is 5.69 Å². The van der Waals surface area contributed by atoms with Crippen LogP contribution in [-0.2, 0) is 4.79 Å². The molecule has 0 radical (unpaired) electrons. The molecule has 0 fully saturated rings. The number of carbonyl (C=O) groups is 1. The molecule has 1 aromatic rings. The van der Waals surface area contributed by atoms with Crippen LogP contribution in [0.25, 0.3) is 0 Å². The number of methoxy groups -OCH3 is 3.